The summed E-state index contributed by atoms with van der Waals surface area (Å²) in [6.07, 6.45) is 6.74. The molecule has 3 heterocycles. The second-order valence-corrected chi connectivity index (χ2v) is 5.48. The average molecular weight is 307 g/mol. The minimum atomic E-state index is -0.0501. The van der Waals surface area contributed by atoms with E-state index in [1.165, 1.54) is 0 Å². The van der Waals surface area contributed by atoms with Gasteiger partial charge in [0, 0.05) is 37.1 Å². The highest BCUT2D eigenvalue weighted by atomic mass is 16.1. The number of nitrogens with zero attached hydrogens (tertiary/aromatic N) is 4. The molecule has 1 amide bonds. The van der Waals surface area contributed by atoms with Crippen molar-refractivity contribution in [2.45, 2.75) is 18.9 Å². The first-order valence-corrected chi connectivity index (χ1v) is 7.58. The van der Waals surface area contributed by atoms with E-state index in [2.05, 4.69) is 20.2 Å². The molecule has 3 rings (SSSR count). The molecule has 0 aromatic carbocycles. The molecule has 0 saturated carbocycles. The molecule has 6 heteroatoms. The van der Waals surface area contributed by atoms with Gasteiger partial charge in [0.2, 0.25) is 0 Å². The Balaban J connectivity index is 1.54. The molecule has 0 unspecified atom stereocenters. The van der Waals surface area contributed by atoms with Crippen LogP contribution in [0, 0.1) is 11.3 Å². The quantitative estimate of drug-likeness (QED) is 0.934. The average Bonchev–Trinajstić information content (AvgIpc) is 2.63. The van der Waals surface area contributed by atoms with Gasteiger partial charge in [0.05, 0.1) is 11.9 Å². The Labute approximate surface area is 134 Å². The van der Waals surface area contributed by atoms with Crippen molar-refractivity contribution in [1.29, 1.82) is 5.26 Å². The molecule has 2 aromatic heterocycles. The monoisotopic (exact) mass is 307 g/mol. The maximum Gasteiger partial charge on any atom is 0.251 e. The maximum atomic E-state index is 12.1. The molecular weight excluding hydrogens is 290 g/mol. The lowest BCUT2D eigenvalue weighted by Gasteiger charge is -2.33. The first-order chi connectivity index (χ1) is 11.3. The fourth-order valence-corrected chi connectivity index (χ4v) is 2.69. The van der Waals surface area contributed by atoms with Crippen LogP contribution < -0.4 is 10.2 Å². The molecule has 0 atom stereocenters. The van der Waals surface area contributed by atoms with Crippen LogP contribution in [0.3, 0.4) is 0 Å². The van der Waals surface area contributed by atoms with Gasteiger partial charge in [-0.1, -0.05) is 0 Å². The van der Waals surface area contributed by atoms with Gasteiger partial charge in [-0.05, 0) is 37.1 Å². The molecule has 2 aromatic rings. The SMILES string of the molecule is N#Cc1ccc(N2CCC(NC(=O)c3ccncc3)CC2)cn1. The minimum Gasteiger partial charge on any atom is -0.370 e. The topological polar surface area (TPSA) is 81.9 Å². The van der Waals surface area contributed by atoms with Crippen molar-refractivity contribution in [3.63, 3.8) is 0 Å². The number of anilines is 1. The van der Waals surface area contributed by atoms with Gasteiger partial charge >= 0.3 is 0 Å². The number of nitrogens with one attached hydrogen (secondary N) is 1. The summed E-state index contributed by atoms with van der Waals surface area (Å²) in [7, 11) is 0. The Kier molecular flexibility index (Phi) is 4.48. The van der Waals surface area contributed by atoms with Crippen LogP contribution in [0.5, 0.6) is 0 Å². The van der Waals surface area contributed by atoms with E-state index in [4.69, 9.17) is 5.26 Å². The molecule has 1 saturated heterocycles. The van der Waals surface area contributed by atoms with Crippen LogP contribution in [-0.4, -0.2) is 35.0 Å². The first kappa shape index (κ1) is 15.0. The Morgan fingerprint density at radius 2 is 1.96 bits per heavy atom. The Morgan fingerprint density at radius 3 is 2.57 bits per heavy atom. The molecule has 0 spiro atoms. The Morgan fingerprint density at radius 1 is 1.22 bits per heavy atom. The van der Waals surface area contributed by atoms with Gasteiger partial charge < -0.3 is 10.2 Å². The van der Waals surface area contributed by atoms with Crippen LogP contribution in [0.1, 0.15) is 28.9 Å². The summed E-state index contributed by atoms with van der Waals surface area (Å²) in [4.78, 5) is 22.4. The number of aromatic nitrogens is 2. The molecule has 1 N–H and O–H groups in total. The zero-order valence-electron chi connectivity index (χ0n) is 12.6. The summed E-state index contributed by atoms with van der Waals surface area (Å²) in [5, 5.41) is 11.9. The second kappa shape index (κ2) is 6.88. The number of carbonyl (C=O) groups is 1. The van der Waals surface area contributed by atoms with Crippen LogP contribution in [0.15, 0.2) is 42.9 Å². The van der Waals surface area contributed by atoms with Crippen molar-refractivity contribution in [2.24, 2.45) is 0 Å². The molecule has 116 valence electrons. The van der Waals surface area contributed by atoms with Gasteiger partial charge in [0.1, 0.15) is 11.8 Å². The molecule has 1 fully saturated rings. The maximum absolute atomic E-state index is 12.1. The number of hydrogen-bond acceptors (Lipinski definition) is 5. The van der Waals surface area contributed by atoms with Crippen molar-refractivity contribution in [3.05, 3.63) is 54.1 Å². The van der Waals surface area contributed by atoms with Crippen molar-refractivity contribution < 1.29 is 4.79 Å². The fourth-order valence-electron chi connectivity index (χ4n) is 2.69. The molecule has 0 bridgehead atoms. The van der Waals surface area contributed by atoms with Crippen LogP contribution in [0.25, 0.3) is 0 Å². The number of piperidine rings is 1. The van der Waals surface area contributed by atoms with E-state index in [-0.39, 0.29) is 11.9 Å². The summed E-state index contributed by atoms with van der Waals surface area (Å²) < 4.78 is 0. The molecular formula is C17H17N5O. The van der Waals surface area contributed by atoms with E-state index in [1.54, 1.807) is 36.8 Å². The van der Waals surface area contributed by atoms with E-state index in [1.807, 2.05) is 12.1 Å². The highest BCUT2D eigenvalue weighted by Gasteiger charge is 2.21. The predicted molar refractivity (Wildman–Crippen MR) is 85.9 cm³/mol. The zero-order chi connectivity index (χ0) is 16.1. The number of hydrogen-bond donors (Lipinski definition) is 1. The largest absolute Gasteiger partial charge is 0.370 e. The summed E-state index contributed by atoms with van der Waals surface area (Å²) in [6, 6.07) is 9.28. The third-order valence-electron chi connectivity index (χ3n) is 4.00. The normalized spacial score (nSPS) is 15.0. The van der Waals surface area contributed by atoms with Crippen molar-refractivity contribution >= 4 is 11.6 Å². The summed E-state index contributed by atoms with van der Waals surface area (Å²) in [5.74, 6) is -0.0501. The van der Waals surface area contributed by atoms with Crippen LogP contribution >= 0.6 is 0 Å². The molecule has 6 nitrogen and oxygen atoms in total. The van der Waals surface area contributed by atoms with Gasteiger partial charge in [0.15, 0.2) is 0 Å². The number of pyridine rings is 2. The summed E-state index contributed by atoms with van der Waals surface area (Å²) in [6.45, 7) is 1.71. The summed E-state index contributed by atoms with van der Waals surface area (Å²) >= 11 is 0. The summed E-state index contributed by atoms with van der Waals surface area (Å²) in [5.41, 5.74) is 2.08. The zero-order valence-corrected chi connectivity index (χ0v) is 12.6. The van der Waals surface area contributed by atoms with Gasteiger partial charge in [-0.15, -0.1) is 0 Å². The highest BCUT2D eigenvalue weighted by molar-refractivity contribution is 5.94. The number of amides is 1. The standard InChI is InChI=1S/C17H17N5O/c18-11-15-1-2-16(12-20-15)22-9-5-14(6-10-22)21-17(23)13-3-7-19-8-4-13/h1-4,7-8,12,14H,5-6,9-10H2,(H,21,23). The molecule has 0 radical (unpaired) electrons. The van der Waals surface area contributed by atoms with Crippen LogP contribution in [-0.2, 0) is 0 Å². The minimum absolute atomic E-state index is 0.0501. The van der Waals surface area contributed by atoms with E-state index in [0.29, 0.717) is 11.3 Å². The van der Waals surface area contributed by atoms with Crippen molar-refractivity contribution in [3.8, 4) is 6.07 Å². The lowest BCUT2D eigenvalue weighted by molar-refractivity contribution is 0.0931. The van der Waals surface area contributed by atoms with E-state index in [0.717, 1.165) is 31.6 Å². The van der Waals surface area contributed by atoms with Gasteiger partial charge in [0.25, 0.3) is 5.91 Å². The van der Waals surface area contributed by atoms with Crippen molar-refractivity contribution in [2.75, 3.05) is 18.0 Å². The van der Waals surface area contributed by atoms with E-state index >= 15 is 0 Å². The van der Waals surface area contributed by atoms with Crippen LogP contribution in [0.2, 0.25) is 0 Å². The van der Waals surface area contributed by atoms with Gasteiger partial charge in [-0.2, -0.15) is 5.26 Å². The number of carbonyl (C=O) groups excluding carboxylic acids is 1. The third kappa shape index (κ3) is 3.64. The van der Waals surface area contributed by atoms with E-state index in [9.17, 15) is 4.79 Å². The highest BCUT2D eigenvalue weighted by Crippen LogP contribution is 2.19. The van der Waals surface area contributed by atoms with Crippen LogP contribution in [0.4, 0.5) is 5.69 Å². The fraction of sp³-hybridized carbons (Fsp3) is 0.294. The molecule has 1 aliphatic rings. The first-order valence-electron chi connectivity index (χ1n) is 7.58. The smallest absolute Gasteiger partial charge is 0.251 e. The molecule has 1 aliphatic heterocycles. The lowest BCUT2D eigenvalue weighted by Crippen LogP contribution is -2.44. The van der Waals surface area contributed by atoms with Crippen molar-refractivity contribution in [1.82, 2.24) is 15.3 Å². The Hall–Kier alpha value is -2.94. The third-order valence-corrected chi connectivity index (χ3v) is 4.00. The number of rotatable bonds is 3. The predicted octanol–water partition coefficient (Wildman–Crippen LogP) is 1.75. The lowest BCUT2D eigenvalue weighted by atomic mass is 10.0. The second-order valence-electron chi connectivity index (χ2n) is 5.48. The molecule has 0 aliphatic carbocycles. The van der Waals surface area contributed by atoms with E-state index < -0.39 is 0 Å². The number of nitriles is 1. The molecule has 23 heavy (non-hydrogen) atoms. The van der Waals surface area contributed by atoms with Gasteiger partial charge in [-0.25, -0.2) is 4.98 Å². The van der Waals surface area contributed by atoms with Gasteiger partial charge in [-0.3, -0.25) is 9.78 Å². The Bertz CT molecular complexity index is 700.